The molecule has 2 aromatic rings. The zero-order valence-corrected chi connectivity index (χ0v) is 17.0. The average molecular weight is 384 g/mol. The second kappa shape index (κ2) is 7.07. The summed E-state index contributed by atoms with van der Waals surface area (Å²) in [5, 5.41) is 16.8. The number of H-pyrrole nitrogens is 1. The van der Waals surface area contributed by atoms with E-state index in [0.717, 1.165) is 41.9 Å². The van der Waals surface area contributed by atoms with E-state index in [9.17, 15) is 9.59 Å². The van der Waals surface area contributed by atoms with E-state index >= 15 is 0 Å². The van der Waals surface area contributed by atoms with Gasteiger partial charge in [-0.25, -0.2) is 5.10 Å². The van der Waals surface area contributed by atoms with Crippen molar-refractivity contribution in [2.24, 2.45) is 0 Å². The Morgan fingerprint density at radius 3 is 2.43 bits per heavy atom. The van der Waals surface area contributed by atoms with Gasteiger partial charge in [-0.3, -0.25) is 14.6 Å². The summed E-state index contributed by atoms with van der Waals surface area (Å²) in [5.74, 6) is 0.455. The zero-order chi connectivity index (χ0) is 20.0. The lowest BCUT2D eigenvalue weighted by Crippen LogP contribution is -2.50. The number of hydrogen-bond donors (Lipinski definition) is 2. The lowest BCUT2D eigenvalue weighted by molar-refractivity contribution is 0.464. The first-order chi connectivity index (χ1) is 13.4. The number of aromatic nitrogens is 4. The zero-order valence-electron chi connectivity index (χ0n) is 17.0. The molecule has 0 amide bonds. The molecule has 0 bridgehead atoms. The van der Waals surface area contributed by atoms with E-state index in [2.05, 4.69) is 43.2 Å². The van der Waals surface area contributed by atoms with Gasteiger partial charge in [0.05, 0.1) is 17.9 Å². The molecule has 2 aromatic heterocycles. The molecule has 0 spiro atoms. The third kappa shape index (κ3) is 3.00. The van der Waals surface area contributed by atoms with Gasteiger partial charge >= 0.3 is 5.56 Å². The molecule has 2 N–H and O–H groups in total. The second-order valence-corrected chi connectivity index (χ2v) is 8.31. The van der Waals surface area contributed by atoms with Crippen molar-refractivity contribution in [2.45, 2.75) is 65.3 Å². The highest BCUT2D eigenvalue weighted by Crippen LogP contribution is 2.27. The minimum atomic E-state index is -0.183. The fraction of sp³-hybridized carbons (Fsp3) is 0.600. The average Bonchev–Trinajstić information content (AvgIpc) is 2.68. The predicted molar refractivity (Wildman–Crippen MR) is 109 cm³/mol. The summed E-state index contributed by atoms with van der Waals surface area (Å²) in [7, 11) is 0. The first-order valence-electron chi connectivity index (χ1n) is 10.1. The molecule has 150 valence electrons. The maximum absolute atomic E-state index is 13.2. The number of fused-ring (bicyclic) bond motifs is 2. The van der Waals surface area contributed by atoms with E-state index in [1.54, 1.807) is 0 Å². The van der Waals surface area contributed by atoms with Crippen LogP contribution in [0, 0.1) is 0 Å². The van der Waals surface area contributed by atoms with Gasteiger partial charge in [-0.1, -0.05) is 27.7 Å². The van der Waals surface area contributed by atoms with Crippen LogP contribution >= 0.6 is 0 Å². The van der Waals surface area contributed by atoms with Crippen molar-refractivity contribution in [2.75, 3.05) is 23.4 Å². The Balaban J connectivity index is 1.80. The number of nitrogens with one attached hydrogen (secondary N) is 2. The lowest BCUT2D eigenvalue weighted by atomic mass is 9.95. The van der Waals surface area contributed by atoms with E-state index < -0.39 is 0 Å². The van der Waals surface area contributed by atoms with Crippen LogP contribution in [0.2, 0.25) is 0 Å². The van der Waals surface area contributed by atoms with Crippen LogP contribution in [0.1, 0.15) is 74.0 Å². The van der Waals surface area contributed by atoms with Crippen LogP contribution in [0.25, 0.3) is 0 Å². The Morgan fingerprint density at radius 1 is 0.964 bits per heavy atom. The van der Waals surface area contributed by atoms with Gasteiger partial charge in [-0.05, 0) is 36.7 Å². The van der Waals surface area contributed by atoms with Crippen LogP contribution in [-0.4, -0.2) is 33.2 Å². The van der Waals surface area contributed by atoms with Crippen molar-refractivity contribution in [3.63, 3.8) is 0 Å². The molecule has 4 heterocycles. The molecule has 0 saturated carbocycles. The third-order valence-electron chi connectivity index (χ3n) is 5.66. The highest BCUT2D eigenvalue weighted by Gasteiger charge is 2.28. The molecular formula is C20H28N6O2. The van der Waals surface area contributed by atoms with Gasteiger partial charge in [0.15, 0.2) is 0 Å². The molecule has 0 aliphatic carbocycles. The van der Waals surface area contributed by atoms with E-state index in [0.29, 0.717) is 30.8 Å². The Morgan fingerprint density at radius 2 is 1.71 bits per heavy atom. The molecule has 0 radical (unpaired) electrons. The summed E-state index contributed by atoms with van der Waals surface area (Å²) < 4.78 is 0. The Kier molecular flexibility index (Phi) is 4.72. The lowest BCUT2D eigenvalue weighted by Gasteiger charge is -2.33. The van der Waals surface area contributed by atoms with Crippen molar-refractivity contribution in [3.8, 4) is 0 Å². The summed E-state index contributed by atoms with van der Waals surface area (Å²) >= 11 is 0. The van der Waals surface area contributed by atoms with Crippen LogP contribution < -0.4 is 21.4 Å². The van der Waals surface area contributed by atoms with Gasteiger partial charge < -0.3 is 5.32 Å². The monoisotopic (exact) mass is 384 g/mol. The molecule has 4 rings (SSSR count). The summed E-state index contributed by atoms with van der Waals surface area (Å²) in [5.41, 5.74) is 5.00. The Labute approximate surface area is 163 Å². The molecule has 8 heteroatoms. The molecule has 0 saturated heterocycles. The Hall–Kier alpha value is -2.64. The van der Waals surface area contributed by atoms with E-state index in [-0.39, 0.29) is 23.0 Å². The third-order valence-corrected chi connectivity index (χ3v) is 5.66. The summed E-state index contributed by atoms with van der Waals surface area (Å²) in [6.07, 6.45) is 2.57. The van der Waals surface area contributed by atoms with Gasteiger partial charge in [0, 0.05) is 24.2 Å². The van der Waals surface area contributed by atoms with Gasteiger partial charge in [0.2, 0.25) is 0 Å². The summed E-state index contributed by atoms with van der Waals surface area (Å²) in [6, 6.07) is 0. The van der Waals surface area contributed by atoms with Crippen molar-refractivity contribution in [3.05, 3.63) is 48.8 Å². The highest BCUT2D eigenvalue weighted by atomic mass is 16.1. The number of hydrogen-bond acceptors (Lipinski definition) is 6. The van der Waals surface area contributed by atoms with E-state index in [1.165, 1.54) is 4.79 Å². The molecule has 28 heavy (non-hydrogen) atoms. The molecule has 2 aliphatic heterocycles. The first kappa shape index (κ1) is 18.7. The van der Waals surface area contributed by atoms with Crippen LogP contribution in [0.3, 0.4) is 0 Å². The topological polar surface area (TPSA) is 95.9 Å². The van der Waals surface area contributed by atoms with Gasteiger partial charge in [0.25, 0.3) is 5.56 Å². The molecule has 0 unspecified atom stereocenters. The molecule has 8 nitrogen and oxygen atoms in total. The molecule has 0 fully saturated rings. The molecule has 0 atom stereocenters. The van der Waals surface area contributed by atoms with Crippen LogP contribution in [0.5, 0.6) is 0 Å². The number of anilines is 1. The van der Waals surface area contributed by atoms with Crippen LogP contribution in [0.15, 0.2) is 9.59 Å². The minimum Gasteiger partial charge on any atom is -0.380 e. The van der Waals surface area contributed by atoms with Gasteiger partial charge in [-0.2, -0.15) is 10.2 Å². The van der Waals surface area contributed by atoms with Gasteiger partial charge in [0.1, 0.15) is 5.69 Å². The number of rotatable bonds is 3. The van der Waals surface area contributed by atoms with Crippen molar-refractivity contribution in [1.29, 1.82) is 0 Å². The minimum absolute atomic E-state index is 0.128. The number of nitrogens with zero attached hydrogens (tertiary/aromatic N) is 4. The van der Waals surface area contributed by atoms with Crippen molar-refractivity contribution < 1.29 is 0 Å². The van der Waals surface area contributed by atoms with Crippen LogP contribution in [0.4, 0.5) is 5.69 Å². The normalized spacial score (nSPS) is 16.1. The maximum Gasteiger partial charge on any atom is 0.309 e. The Bertz CT molecular complexity index is 1020. The number of aromatic amines is 1. The van der Waals surface area contributed by atoms with Crippen LogP contribution in [-0.2, 0) is 19.4 Å². The predicted octanol–water partition coefficient (Wildman–Crippen LogP) is 1.63. The maximum atomic E-state index is 13.2. The first-order valence-corrected chi connectivity index (χ1v) is 10.1. The fourth-order valence-corrected chi connectivity index (χ4v) is 4.26. The summed E-state index contributed by atoms with van der Waals surface area (Å²) in [4.78, 5) is 27.1. The molecular weight excluding hydrogens is 356 g/mol. The van der Waals surface area contributed by atoms with E-state index in [4.69, 9.17) is 5.10 Å². The standard InChI is InChI=1S/C20H28N6O2/c1-11(2)16-13-7-9-25(10-15(13)19(27)23-22-16)26-20(28)18-14(6-5-8-21-18)17(24-26)12(3)4/h11-12,21H,5-10H2,1-4H3,(H,23,27). The van der Waals surface area contributed by atoms with Gasteiger partial charge in [-0.15, -0.1) is 4.79 Å². The fourth-order valence-electron chi connectivity index (χ4n) is 4.26. The smallest absolute Gasteiger partial charge is 0.309 e. The highest BCUT2D eigenvalue weighted by molar-refractivity contribution is 5.53. The molecule has 0 aromatic carbocycles. The van der Waals surface area contributed by atoms with Crippen molar-refractivity contribution in [1.82, 2.24) is 20.1 Å². The largest absolute Gasteiger partial charge is 0.380 e. The quantitative estimate of drug-likeness (QED) is 0.835. The van der Waals surface area contributed by atoms with E-state index in [1.807, 2.05) is 5.01 Å². The second-order valence-electron chi connectivity index (χ2n) is 8.31. The SMILES string of the molecule is CC(C)c1n[nH]c(=O)c2c1CCN(n1nc(C(C)C)c3c(c1=O)NCCC3)C2. The molecule has 2 aliphatic rings. The summed E-state index contributed by atoms with van der Waals surface area (Å²) in [6.45, 7) is 10.1. The van der Waals surface area contributed by atoms with Crippen molar-refractivity contribution >= 4 is 5.69 Å².